The van der Waals surface area contributed by atoms with Crippen molar-refractivity contribution in [1.29, 1.82) is 0 Å². The van der Waals surface area contributed by atoms with Crippen molar-refractivity contribution in [2.45, 2.75) is 25.7 Å². The lowest BCUT2D eigenvalue weighted by Gasteiger charge is -2.16. The number of thiophene rings is 1. The smallest absolute Gasteiger partial charge is 0.292 e. The standard InChI is InChI=1S/C22H27N5O3S/c1-4-15-12-17(30-25-15)22(29)27-10-7-14(13-27)18-16-6-5-8-24-21(16)31-19(18)20(28)23-9-11-26(2)3/h5-6,8,12,14H,4,7,9-11,13H2,1-3H3,(H,23,28)/t14-/m1/s1. The van der Waals surface area contributed by atoms with Crippen molar-refractivity contribution >= 4 is 33.4 Å². The van der Waals surface area contributed by atoms with Crippen LogP contribution in [0.25, 0.3) is 10.2 Å². The highest BCUT2D eigenvalue weighted by Crippen LogP contribution is 2.39. The largest absolute Gasteiger partial charge is 0.351 e. The normalized spacial score (nSPS) is 16.4. The summed E-state index contributed by atoms with van der Waals surface area (Å²) < 4.78 is 5.23. The monoisotopic (exact) mass is 441 g/mol. The maximum absolute atomic E-state index is 13.0. The number of carbonyl (C=O) groups is 2. The molecule has 1 aliphatic heterocycles. The second-order valence-electron chi connectivity index (χ2n) is 8.03. The Morgan fingerprint density at radius 2 is 2.23 bits per heavy atom. The minimum absolute atomic E-state index is 0.0741. The lowest BCUT2D eigenvalue weighted by atomic mass is 9.95. The predicted molar refractivity (Wildman–Crippen MR) is 120 cm³/mol. The molecule has 164 valence electrons. The Morgan fingerprint density at radius 1 is 1.39 bits per heavy atom. The molecule has 1 saturated heterocycles. The van der Waals surface area contributed by atoms with Gasteiger partial charge in [-0.25, -0.2) is 4.98 Å². The number of carbonyl (C=O) groups excluding carboxylic acids is 2. The Kier molecular flexibility index (Phi) is 6.33. The first-order valence-corrected chi connectivity index (χ1v) is 11.3. The first-order chi connectivity index (χ1) is 15.0. The fourth-order valence-electron chi connectivity index (χ4n) is 3.91. The molecule has 0 saturated carbocycles. The SMILES string of the molecule is CCc1cc(C(=O)N2CC[C@@H](c3c(C(=O)NCCN(C)C)sc4ncccc34)C2)on1. The molecule has 4 heterocycles. The summed E-state index contributed by atoms with van der Waals surface area (Å²) in [5.74, 6) is 0.123. The molecular formula is C22H27N5O3S. The molecule has 31 heavy (non-hydrogen) atoms. The molecule has 1 aliphatic rings. The van der Waals surface area contributed by atoms with E-state index < -0.39 is 0 Å². The number of nitrogens with one attached hydrogen (secondary N) is 1. The van der Waals surface area contributed by atoms with Gasteiger partial charge >= 0.3 is 0 Å². The fraction of sp³-hybridized carbons (Fsp3) is 0.455. The van der Waals surface area contributed by atoms with Gasteiger partial charge in [0, 0.05) is 49.7 Å². The maximum atomic E-state index is 13.0. The number of fused-ring (bicyclic) bond motifs is 1. The molecule has 3 aromatic rings. The summed E-state index contributed by atoms with van der Waals surface area (Å²) in [6, 6.07) is 5.62. The van der Waals surface area contributed by atoms with Crippen LogP contribution in [0, 0.1) is 0 Å². The van der Waals surface area contributed by atoms with E-state index in [0.717, 1.165) is 40.9 Å². The first kappa shape index (κ1) is 21.5. The van der Waals surface area contributed by atoms with E-state index in [1.807, 2.05) is 38.1 Å². The molecule has 0 aliphatic carbocycles. The summed E-state index contributed by atoms with van der Waals surface area (Å²) in [6.45, 7) is 4.48. The highest BCUT2D eigenvalue weighted by Gasteiger charge is 2.34. The van der Waals surface area contributed by atoms with Crippen LogP contribution in [-0.2, 0) is 6.42 Å². The molecule has 2 amide bonds. The molecule has 4 rings (SSSR count). The molecule has 0 bridgehead atoms. The van der Waals surface area contributed by atoms with Gasteiger partial charge in [0.1, 0.15) is 4.83 Å². The Bertz CT molecular complexity index is 1090. The highest BCUT2D eigenvalue weighted by molar-refractivity contribution is 7.20. The van der Waals surface area contributed by atoms with Crippen LogP contribution in [0.3, 0.4) is 0 Å². The van der Waals surface area contributed by atoms with E-state index in [0.29, 0.717) is 24.5 Å². The zero-order valence-electron chi connectivity index (χ0n) is 18.1. The van der Waals surface area contributed by atoms with Crippen molar-refractivity contribution in [3.8, 4) is 0 Å². The average Bonchev–Trinajstić information content (AvgIpc) is 3.50. The van der Waals surface area contributed by atoms with Crippen molar-refractivity contribution in [2.75, 3.05) is 40.3 Å². The highest BCUT2D eigenvalue weighted by atomic mass is 32.1. The summed E-state index contributed by atoms with van der Waals surface area (Å²) in [6.07, 6.45) is 3.26. The van der Waals surface area contributed by atoms with E-state index in [-0.39, 0.29) is 23.5 Å². The van der Waals surface area contributed by atoms with Crippen LogP contribution in [0.5, 0.6) is 0 Å². The van der Waals surface area contributed by atoms with Gasteiger partial charge < -0.3 is 19.6 Å². The summed E-state index contributed by atoms with van der Waals surface area (Å²) in [5, 5.41) is 7.95. The average molecular weight is 442 g/mol. The van der Waals surface area contributed by atoms with Crippen molar-refractivity contribution in [1.82, 2.24) is 25.3 Å². The Labute approximate surface area is 185 Å². The van der Waals surface area contributed by atoms with Crippen LogP contribution in [0.4, 0.5) is 0 Å². The summed E-state index contributed by atoms with van der Waals surface area (Å²) in [5.41, 5.74) is 1.77. The molecule has 0 aromatic carbocycles. The van der Waals surface area contributed by atoms with E-state index in [1.165, 1.54) is 11.3 Å². The third-order valence-corrected chi connectivity index (χ3v) is 6.70. The number of rotatable bonds is 7. The molecule has 8 nitrogen and oxygen atoms in total. The Morgan fingerprint density at radius 3 is 2.97 bits per heavy atom. The summed E-state index contributed by atoms with van der Waals surface area (Å²) in [7, 11) is 3.95. The summed E-state index contributed by atoms with van der Waals surface area (Å²) in [4.78, 5) is 35.7. The number of likely N-dealkylation sites (N-methyl/N-ethyl adjacent to an activating group) is 1. The lowest BCUT2D eigenvalue weighted by molar-refractivity contribution is 0.0749. The van der Waals surface area contributed by atoms with Gasteiger partial charge in [-0.05, 0) is 38.6 Å². The van der Waals surface area contributed by atoms with Gasteiger partial charge in [0.15, 0.2) is 0 Å². The molecule has 0 unspecified atom stereocenters. The van der Waals surface area contributed by atoms with Crippen molar-refractivity contribution in [3.63, 3.8) is 0 Å². The van der Waals surface area contributed by atoms with Gasteiger partial charge in [0.05, 0.1) is 10.6 Å². The quantitative estimate of drug-likeness (QED) is 0.606. The number of likely N-dealkylation sites (tertiary alicyclic amines) is 1. The molecule has 1 atom stereocenters. The van der Waals surface area contributed by atoms with Gasteiger partial charge in [-0.3, -0.25) is 9.59 Å². The van der Waals surface area contributed by atoms with Crippen LogP contribution < -0.4 is 5.32 Å². The van der Waals surface area contributed by atoms with E-state index >= 15 is 0 Å². The molecule has 9 heteroatoms. The van der Waals surface area contributed by atoms with Crippen LogP contribution >= 0.6 is 11.3 Å². The molecule has 1 fully saturated rings. The van der Waals surface area contributed by atoms with E-state index in [4.69, 9.17) is 4.52 Å². The van der Waals surface area contributed by atoms with Crippen LogP contribution in [0.15, 0.2) is 28.9 Å². The predicted octanol–water partition coefficient (Wildman–Crippen LogP) is 2.77. The van der Waals surface area contributed by atoms with Gasteiger partial charge in [-0.15, -0.1) is 11.3 Å². The van der Waals surface area contributed by atoms with Crippen LogP contribution in [0.1, 0.15) is 50.7 Å². The van der Waals surface area contributed by atoms with Crippen molar-refractivity contribution in [2.24, 2.45) is 0 Å². The van der Waals surface area contributed by atoms with Crippen molar-refractivity contribution in [3.05, 3.63) is 46.3 Å². The topological polar surface area (TPSA) is 91.6 Å². The molecule has 3 aromatic heterocycles. The number of aromatic nitrogens is 2. The minimum Gasteiger partial charge on any atom is -0.351 e. The van der Waals surface area contributed by atoms with Gasteiger partial charge in [0.25, 0.3) is 11.8 Å². The molecular weight excluding hydrogens is 414 g/mol. The van der Waals surface area contributed by atoms with Gasteiger partial charge in [-0.1, -0.05) is 18.1 Å². The second kappa shape index (κ2) is 9.15. The molecule has 0 radical (unpaired) electrons. The number of aryl methyl sites for hydroxylation is 1. The molecule has 0 spiro atoms. The molecule has 1 N–H and O–H groups in total. The summed E-state index contributed by atoms with van der Waals surface area (Å²) >= 11 is 1.42. The maximum Gasteiger partial charge on any atom is 0.292 e. The third-order valence-electron chi connectivity index (χ3n) is 5.57. The Balaban J connectivity index is 1.57. The first-order valence-electron chi connectivity index (χ1n) is 10.5. The van der Waals surface area contributed by atoms with Gasteiger partial charge in [-0.2, -0.15) is 0 Å². The zero-order chi connectivity index (χ0) is 22.0. The second-order valence-corrected chi connectivity index (χ2v) is 9.03. The lowest BCUT2D eigenvalue weighted by Crippen LogP contribution is -2.31. The van der Waals surface area contributed by atoms with Crippen molar-refractivity contribution < 1.29 is 14.1 Å². The van der Waals surface area contributed by atoms with Crippen LogP contribution in [-0.4, -0.2) is 72.0 Å². The number of hydrogen-bond acceptors (Lipinski definition) is 7. The van der Waals surface area contributed by atoms with E-state index in [2.05, 4.69) is 15.5 Å². The number of pyridine rings is 1. The van der Waals surface area contributed by atoms with Gasteiger partial charge in [0.2, 0.25) is 5.76 Å². The number of nitrogens with zero attached hydrogens (tertiary/aromatic N) is 4. The number of amides is 2. The number of hydrogen-bond donors (Lipinski definition) is 1. The third kappa shape index (κ3) is 4.47. The Hall–Kier alpha value is -2.78. The van der Waals surface area contributed by atoms with Crippen LogP contribution in [0.2, 0.25) is 0 Å². The van der Waals surface area contributed by atoms with E-state index in [1.54, 1.807) is 17.2 Å². The fourth-order valence-corrected chi connectivity index (χ4v) is 5.06. The zero-order valence-corrected chi connectivity index (χ0v) is 18.9. The minimum atomic E-state index is -0.149. The van der Waals surface area contributed by atoms with E-state index in [9.17, 15) is 9.59 Å².